The predicted octanol–water partition coefficient (Wildman–Crippen LogP) is 2.60. The van der Waals surface area contributed by atoms with E-state index in [2.05, 4.69) is 15.5 Å². The van der Waals surface area contributed by atoms with Crippen LogP contribution in [0.15, 0.2) is 34.9 Å². The lowest BCUT2D eigenvalue weighted by Gasteiger charge is -2.11. The third-order valence-corrected chi connectivity index (χ3v) is 6.42. The number of hydrogen-bond donors (Lipinski definition) is 1. The number of benzene rings is 1. The number of nitrogens with zero attached hydrogens (tertiary/aromatic N) is 2. The quantitative estimate of drug-likeness (QED) is 0.864. The number of aromatic nitrogens is 2. The lowest BCUT2D eigenvalue weighted by molar-refractivity contribution is 0.0932. The maximum Gasteiger partial charge on any atom is 0.251 e. The molecule has 1 saturated carbocycles. The second kappa shape index (κ2) is 6.35. The van der Waals surface area contributed by atoms with E-state index in [1.807, 2.05) is 0 Å². The highest BCUT2D eigenvalue weighted by Gasteiger charge is 2.30. The molecule has 8 heteroatoms. The molecule has 7 nitrogen and oxygen atoms in total. The van der Waals surface area contributed by atoms with Gasteiger partial charge in [0, 0.05) is 11.5 Å². The highest BCUT2D eigenvalue weighted by molar-refractivity contribution is 8.00. The Morgan fingerprint density at radius 2 is 2.15 bits per heavy atom. The first-order chi connectivity index (χ1) is 12.4. The number of hydrogen-bond acceptors (Lipinski definition) is 6. The van der Waals surface area contributed by atoms with Crippen LogP contribution < -0.4 is 5.32 Å². The normalized spacial score (nSPS) is 19.8. The highest BCUT2D eigenvalue weighted by atomic mass is 32.2. The molecule has 0 spiro atoms. The van der Waals surface area contributed by atoms with Gasteiger partial charge in [-0.1, -0.05) is 23.4 Å². The van der Waals surface area contributed by atoms with Gasteiger partial charge in [-0.15, -0.1) is 0 Å². The fraction of sp³-hybridized carbons (Fsp3) is 0.389. The molecule has 0 unspecified atom stereocenters. The van der Waals surface area contributed by atoms with E-state index < -0.39 is 15.9 Å². The summed E-state index contributed by atoms with van der Waals surface area (Å²) in [5.41, 5.74) is 0.927. The van der Waals surface area contributed by atoms with Gasteiger partial charge >= 0.3 is 0 Å². The number of sulfone groups is 1. The molecular formula is C18H19N3O4S. The van der Waals surface area contributed by atoms with Crippen LogP contribution in [0.3, 0.4) is 0 Å². The van der Waals surface area contributed by atoms with E-state index >= 15 is 0 Å². The van der Waals surface area contributed by atoms with Crippen molar-refractivity contribution in [2.45, 2.75) is 38.1 Å². The maximum atomic E-state index is 12.5. The van der Waals surface area contributed by atoms with Crippen LogP contribution in [-0.4, -0.2) is 30.2 Å². The standard InChI is InChI=1S/C18H19N3O4S/c1-11(18-20-16(21-25-18)12-7-8-12)19-17(22)14-5-2-4-13(10-14)15-6-3-9-26(15,23)24/h2,4-6,10-12H,3,7-9H2,1H3,(H,19,22)/t11-/m1/s1. The van der Waals surface area contributed by atoms with Gasteiger partial charge in [0.05, 0.1) is 10.7 Å². The predicted molar refractivity (Wildman–Crippen MR) is 95.0 cm³/mol. The van der Waals surface area contributed by atoms with Crippen LogP contribution in [0.2, 0.25) is 0 Å². The zero-order valence-corrected chi connectivity index (χ0v) is 15.1. The van der Waals surface area contributed by atoms with Crippen molar-refractivity contribution < 1.29 is 17.7 Å². The molecule has 0 bridgehead atoms. The molecule has 1 aliphatic carbocycles. The van der Waals surface area contributed by atoms with Crippen LogP contribution in [0.1, 0.15) is 65.8 Å². The number of carbonyl (C=O) groups is 1. The molecule has 1 aromatic heterocycles. The van der Waals surface area contributed by atoms with Crippen LogP contribution in [0.5, 0.6) is 0 Å². The molecule has 0 saturated heterocycles. The van der Waals surface area contributed by atoms with E-state index in [-0.39, 0.29) is 11.7 Å². The Kier molecular flexibility index (Phi) is 4.14. The number of nitrogens with one attached hydrogen (secondary N) is 1. The first-order valence-corrected chi connectivity index (χ1v) is 10.3. The minimum atomic E-state index is -3.25. The van der Waals surface area contributed by atoms with Gasteiger partial charge in [0.1, 0.15) is 6.04 Å². The first-order valence-electron chi connectivity index (χ1n) is 8.62. The molecule has 136 valence electrons. The molecule has 2 aromatic rings. The summed E-state index contributed by atoms with van der Waals surface area (Å²) in [7, 11) is -3.25. The summed E-state index contributed by atoms with van der Waals surface area (Å²) in [6.45, 7) is 1.77. The van der Waals surface area contributed by atoms with Crippen molar-refractivity contribution >= 4 is 20.6 Å². The van der Waals surface area contributed by atoms with Crippen LogP contribution in [0, 0.1) is 0 Å². The molecule has 26 heavy (non-hydrogen) atoms. The number of allylic oxidation sites excluding steroid dienone is 1. The van der Waals surface area contributed by atoms with Gasteiger partial charge < -0.3 is 9.84 Å². The van der Waals surface area contributed by atoms with E-state index in [0.717, 1.165) is 12.8 Å². The van der Waals surface area contributed by atoms with Crippen molar-refractivity contribution in [2.24, 2.45) is 0 Å². The molecule has 2 aliphatic rings. The largest absolute Gasteiger partial charge is 0.341 e. The molecule has 1 fully saturated rings. The summed E-state index contributed by atoms with van der Waals surface area (Å²) in [6.07, 6.45) is 4.36. The van der Waals surface area contributed by atoms with Crippen LogP contribution in [-0.2, 0) is 9.84 Å². The summed E-state index contributed by atoms with van der Waals surface area (Å²) < 4.78 is 29.4. The van der Waals surface area contributed by atoms with Gasteiger partial charge in [-0.25, -0.2) is 8.42 Å². The van der Waals surface area contributed by atoms with E-state index in [1.165, 1.54) is 0 Å². The number of amides is 1. The fourth-order valence-corrected chi connectivity index (χ4v) is 4.47. The molecule has 1 N–H and O–H groups in total. The molecule has 4 rings (SSSR count). The zero-order valence-electron chi connectivity index (χ0n) is 14.3. The Morgan fingerprint density at radius 1 is 1.35 bits per heavy atom. The van der Waals surface area contributed by atoms with Crippen molar-refractivity contribution in [1.82, 2.24) is 15.5 Å². The summed E-state index contributed by atoms with van der Waals surface area (Å²) in [4.78, 5) is 17.2. The van der Waals surface area contributed by atoms with E-state index in [4.69, 9.17) is 4.52 Å². The Labute approximate surface area is 151 Å². The first kappa shape index (κ1) is 17.0. The van der Waals surface area contributed by atoms with Crippen LogP contribution in [0.4, 0.5) is 0 Å². The molecule has 1 aliphatic heterocycles. The number of carbonyl (C=O) groups excluding carboxylic acids is 1. The van der Waals surface area contributed by atoms with Gasteiger partial charge in [-0.05, 0) is 43.9 Å². The van der Waals surface area contributed by atoms with E-state index in [1.54, 1.807) is 37.3 Å². The summed E-state index contributed by atoms with van der Waals surface area (Å²) >= 11 is 0. The van der Waals surface area contributed by atoms with Gasteiger partial charge in [0.15, 0.2) is 15.7 Å². The second-order valence-electron chi connectivity index (χ2n) is 6.72. The van der Waals surface area contributed by atoms with Crippen LogP contribution in [0.25, 0.3) is 4.91 Å². The lowest BCUT2D eigenvalue weighted by atomic mass is 10.1. The molecule has 1 aromatic carbocycles. The average molecular weight is 373 g/mol. The average Bonchev–Trinajstić information content (AvgIpc) is 3.23. The summed E-state index contributed by atoms with van der Waals surface area (Å²) in [6, 6.07) is 6.20. The highest BCUT2D eigenvalue weighted by Crippen LogP contribution is 2.38. The van der Waals surface area contributed by atoms with Gasteiger partial charge in [0.25, 0.3) is 5.91 Å². The third-order valence-electron chi connectivity index (χ3n) is 4.58. The maximum absolute atomic E-state index is 12.5. The SMILES string of the molecule is C[C@@H](NC(=O)c1cccc(C2=CCCS2(=O)=O)c1)c1nc(C2CC2)no1. The van der Waals surface area contributed by atoms with Gasteiger partial charge in [-0.2, -0.15) is 4.98 Å². The Balaban J connectivity index is 1.50. The van der Waals surface area contributed by atoms with Crippen molar-refractivity contribution in [3.63, 3.8) is 0 Å². The molecule has 0 radical (unpaired) electrons. The van der Waals surface area contributed by atoms with Crippen LogP contribution >= 0.6 is 0 Å². The van der Waals surface area contributed by atoms with E-state index in [9.17, 15) is 13.2 Å². The Bertz CT molecular complexity index is 989. The molecule has 1 amide bonds. The van der Waals surface area contributed by atoms with Crippen molar-refractivity contribution in [3.8, 4) is 0 Å². The minimum absolute atomic E-state index is 0.121. The Hall–Kier alpha value is -2.48. The third kappa shape index (κ3) is 3.29. The second-order valence-corrected chi connectivity index (χ2v) is 8.79. The summed E-state index contributed by atoms with van der Waals surface area (Å²) in [5, 5.41) is 6.77. The smallest absolute Gasteiger partial charge is 0.251 e. The zero-order chi connectivity index (χ0) is 18.3. The lowest BCUT2D eigenvalue weighted by Crippen LogP contribution is -2.27. The van der Waals surface area contributed by atoms with Gasteiger partial charge in [-0.3, -0.25) is 4.79 Å². The van der Waals surface area contributed by atoms with Crippen molar-refractivity contribution in [1.29, 1.82) is 0 Å². The summed E-state index contributed by atoms with van der Waals surface area (Å²) in [5.74, 6) is 1.25. The number of rotatable bonds is 5. The Morgan fingerprint density at radius 3 is 2.85 bits per heavy atom. The fourth-order valence-electron chi connectivity index (χ4n) is 2.97. The minimum Gasteiger partial charge on any atom is -0.341 e. The van der Waals surface area contributed by atoms with E-state index in [0.29, 0.717) is 40.1 Å². The van der Waals surface area contributed by atoms with Crippen molar-refractivity contribution in [2.75, 3.05) is 5.75 Å². The van der Waals surface area contributed by atoms with Gasteiger partial charge in [0.2, 0.25) is 5.89 Å². The van der Waals surface area contributed by atoms with Crippen molar-refractivity contribution in [3.05, 3.63) is 53.2 Å². The monoisotopic (exact) mass is 373 g/mol. The molecule has 2 heterocycles. The molecular weight excluding hydrogens is 354 g/mol. The molecule has 1 atom stereocenters. The topological polar surface area (TPSA) is 102 Å².